The molecule has 0 aromatic heterocycles. The highest BCUT2D eigenvalue weighted by Crippen LogP contribution is 2.24. The molecule has 0 saturated carbocycles. The van der Waals surface area contributed by atoms with Gasteiger partial charge in [-0.15, -0.1) is 0 Å². The summed E-state index contributed by atoms with van der Waals surface area (Å²) in [5.74, 6) is 0.0225. The molecule has 13 heavy (non-hydrogen) atoms. The quantitative estimate of drug-likeness (QED) is 0.639. The lowest BCUT2D eigenvalue weighted by Crippen LogP contribution is -2.61. The van der Waals surface area contributed by atoms with Crippen LogP contribution in [-0.2, 0) is 4.79 Å². The number of nitrogens with zero attached hydrogens (tertiary/aromatic N) is 1. The van der Waals surface area contributed by atoms with E-state index in [0.29, 0.717) is 6.54 Å². The number of hydrogen-bond acceptors (Lipinski definition) is 2. The monoisotopic (exact) mass is 176 g/mol. The standard InChI is InChI=1S/C10H12N2O/c1-7-4-2-3-5-9(7)12-6-8(11)10(12)13/h2-5,8H,6,11H2,1H3. The largest absolute Gasteiger partial charge is 0.318 e. The minimum Gasteiger partial charge on any atom is -0.318 e. The van der Waals surface area contributed by atoms with E-state index in [9.17, 15) is 4.79 Å². The van der Waals surface area contributed by atoms with Crippen LogP contribution in [0.3, 0.4) is 0 Å². The number of nitrogens with two attached hydrogens (primary N) is 1. The minimum atomic E-state index is -0.292. The normalized spacial score (nSPS) is 21.5. The van der Waals surface area contributed by atoms with Crippen molar-refractivity contribution in [2.24, 2.45) is 5.73 Å². The maximum atomic E-state index is 11.3. The van der Waals surface area contributed by atoms with E-state index < -0.39 is 0 Å². The number of amides is 1. The van der Waals surface area contributed by atoms with Crippen LogP contribution in [-0.4, -0.2) is 18.5 Å². The van der Waals surface area contributed by atoms with Crippen molar-refractivity contribution in [3.63, 3.8) is 0 Å². The Balaban J connectivity index is 2.28. The van der Waals surface area contributed by atoms with Crippen LogP contribution < -0.4 is 10.6 Å². The molecule has 1 aromatic carbocycles. The van der Waals surface area contributed by atoms with Crippen molar-refractivity contribution < 1.29 is 4.79 Å². The number of rotatable bonds is 1. The lowest BCUT2D eigenvalue weighted by atomic mass is 10.1. The average Bonchev–Trinajstić information content (AvgIpc) is 2.15. The first-order valence-electron chi connectivity index (χ1n) is 4.33. The highest BCUT2D eigenvalue weighted by Gasteiger charge is 2.34. The van der Waals surface area contributed by atoms with Crippen LogP contribution in [0.25, 0.3) is 0 Å². The fourth-order valence-electron chi connectivity index (χ4n) is 1.54. The van der Waals surface area contributed by atoms with E-state index in [4.69, 9.17) is 5.73 Å². The third-order valence-electron chi connectivity index (χ3n) is 2.37. The number of aryl methyl sites for hydroxylation is 1. The molecule has 2 rings (SSSR count). The molecule has 1 atom stereocenters. The molecule has 1 unspecified atom stereocenters. The fraction of sp³-hybridized carbons (Fsp3) is 0.300. The van der Waals surface area contributed by atoms with Gasteiger partial charge in [-0.1, -0.05) is 18.2 Å². The Kier molecular flexibility index (Phi) is 1.81. The van der Waals surface area contributed by atoms with Gasteiger partial charge in [-0.25, -0.2) is 0 Å². The van der Waals surface area contributed by atoms with E-state index >= 15 is 0 Å². The summed E-state index contributed by atoms with van der Waals surface area (Å²) in [4.78, 5) is 13.0. The van der Waals surface area contributed by atoms with Crippen LogP contribution in [0.4, 0.5) is 5.69 Å². The Morgan fingerprint density at radius 3 is 2.69 bits per heavy atom. The van der Waals surface area contributed by atoms with Crippen molar-refractivity contribution in [2.45, 2.75) is 13.0 Å². The molecule has 1 aromatic rings. The molecular weight excluding hydrogens is 164 g/mol. The summed E-state index contributed by atoms with van der Waals surface area (Å²) in [6, 6.07) is 7.54. The Morgan fingerprint density at radius 2 is 2.15 bits per heavy atom. The fourth-order valence-corrected chi connectivity index (χ4v) is 1.54. The topological polar surface area (TPSA) is 46.3 Å². The molecule has 1 fully saturated rings. The van der Waals surface area contributed by atoms with E-state index in [2.05, 4.69) is 0 Å². The highest BCUT2D eigenvalue weighted by atomic mass is 16.2. The Labute approximate surface area is 77.1 Å². The van der Waals surface area contributed by atoms with Gasteiger partial charge in [0.15, 0.2) is 0 Å². The number of para-hydroxylation sites is 1. The number of carbonyl (C=O) groups is 1. The second kappa shape index (κ2) is 2.85. The van der Waals surface area contributed by atoms with Gasteiger partial charge in [-0.3, -0.25) is 4.79 Å². The molecule has 3 nitrogen and oxygen atoms in total. The second-order valence-electron chi connectivity index (χ2n) is 3.34. The van der Waals surface area contributed by atoms with Gasteiger partial charge in [-0.2, -0.15) is 0 Å². The molecule has 1 aliphatic rings. The summed E-state index contributed by atoms with van der Waals surface area (Å²) < 4.78 is 0. The third-order valence-corrected chi connectivity index (χ3v) is 2.37. The van der Waals surface area contributed by atoms with E-state index in [1.54, 1.807) is 4.90 Å². The molecule has 2 N–H and O–H groups in total. The Morgan fingerprint density at radius 1 is 1.46 bits per heavy atom. The molecule has 1 heterocycles. The predicted octanol–water partition coefficient (Wildman–Crippen LogP) is 0.669. The van der Waals surface area contributed by atoms with E-state index in [1.165, 1.54) is 0 Å². The van der Waals surface area contributed by atoms with Gasteiger partial charge >= 0.3 is 0 Å². The van der Waals surface area contributed by atoms with Crippen LogP contribution in [0.1, 0.15) is 5.56 Å². The third kappa shape index (κ3) is 1.21. The van der Waals surface area contributed by atoms with Crippen molar-refractivity contribution in [1.29, 1.82) is 0 Å². The molecule has 0 aliphatic carbocycles. The van der Waals surface area contributed by atoms with E-state index in [1.807, 2.05) is 31.2 Å². The van der Waals surface area contributed by atoms with Crippen molar-refractivity contribution in [2.75, 3.05) is 11.4 Å². The molecule has 0 bridgehead atoms. The van der Waals surface area contributed by atoms with Gasteiger partial charge in [0.25, 0.3) is 0 Å². The zero-order chi connectivity index (χ0) is 9.42. The molecule has 3 heteroatoms. The molecule has 1 saturated heterocycles. The molecule has 1 amide bonds. The summed E-state index contributed by atoms with van der Waals surface area (Å²) in [6.45, 7) is 2.64. The van der Waals surface area contributed by atoms with Gasteiger partial charge in [0, 0.05) is 5.69 Å². The summed E-state index contributed by atoms with van der Waals surface area (Å²) in [7, 11) is 0. The van der Waals surface area contributed by atoms with Gasteiger partial charge < -0.3 is 10.6 Å². The van der Waals surface area contributed by atoms with Gasteiger partial charge in [0.05, 0.1) is 6.54 Å². The first-order chi connectivity index (χ1) is 6.20. The summed E-state index contributed by atoms with van der Waals surface area (Å²) in [5, 5.41) is 0. The summed E-state index contributed by atoms with van der Waals surface area (Å²) in [6.07, 6.45) is 0. The Hall–Kier alpha value is -1.35. The SMILES string of the molecule is Cc1ccccc1N1CC(N)C1=O. The number of hydrogen-bond donors (Lipinski definition) is 1. The van der Waals surface area contributed by atoms with Crippen molar-refractivity contribution >= 4 is 11.6 Å². The van der Waals surface area contributed by atoms with Gasteiger partial charge in [0.2, 0.25) is 5.91 Å². The van der Waals surface area contributed by atoms with Crippen molar-refractivity contribution in [3.8, 4) is 0 Å². The van der Waals surface area contributed by atoms with E-state index in [-0.39, 0.29) is 11.9 Å². The maximum absolute atomic E-state index is 11.3. The van der Waals surface area contributed by atoms with Crippen LogP contribution >= 0.6 is 0 Å². The molecular formula is C10H12N2O. The maximum Gasteiger partial charge on any atom is 0.245 e. The van der Waals surface area contributed by atoms with Crippen LogP contribution in [0.15, 0.2) is 24.3 Å². The van der Waals surface area contributed by atoms with Crippen LogP contribution in [0.2, 0.25) is 0 Å². The average molecular weight is 176 g/mol. The Bertz CT molecular complexity index is 349. The second-order valence-corrected chi connectivity index (χ2v) is 3.34. The molecule has 68 valence electrons. The number of benzene rings is 1. The van der Waals surface area contributed by atoms with Gasteiger partial charge in [0.1, 0.15) is 6.04 Å². The summed E-state index contributed by atoms with van der Waals surface area (Å²) in [5.41, 5.74) is 7.60. The summed E-state index contributed by atoms with van der Waals surface area (Å²) >= 11 is 0. The minimum absolute atomic E-state index is 0.0225. The smallest absolute Gasteiger partial charge is 0.245 e. The lowest BCUT2D eigenvalue weighted by molar-refractivity contribution is -0.123. The van der Waals surface area contributed by atoms with Crippen molar-refractivity contribution in [3.05, 3.63) is 29.8 Å². The zero-order valence-electron chi connectivity index (χ0n) is 7.53. The van der Waals surface area contributed by atoms with Gasteiger partial charge in [-0.05, 0) is 18.6 Å². The number of carbonyl (C=O) groups excluding carboxylic acids is 1. The van der Waals surface area contributed by atoms with E-state index in [0.717, 1.165) is 11.3 Å². The highest BCUT2D eigenvalue weighted by molar-refractivity contribution is 6.04. The van der Waals surface area contributed by atoms with Crippen LogP contribution in [0.5, 0.6) is 0 Å². The predicted molar refractivity (Wildman–Crippen MR) is 51.5 cm³/mol. The molecule has 0 radical (unpaired) electrons. The molecule has 1 aliphatic heterocycles. The zero-order valence-corrected chi connectivity index (χ0v) is 7.53. The molecule has 0 spiro atoms. The number of anilines is 1. The van der Waals surface area contributed by atoms with Crippen LogP contribution in [0, 0.1) is 6.92 Å². The van der Waals surface area contributed by atoms with Crippen molar-refractivity contribution in [1.82, 2.24) is 0 Å². The lowest BCUT2D eigenvalue weighted by Gasteiger charge is -2.36. The number of β-lactam (4-membered cyclic amide) rings is 1. The first-order valence-corrected chi connectivity index (χ1v) is 4.33. The first kappa shape index (κ1) is 8.26.